The van der Waals surface area contributed by atoms with Gasteiger partial charge in [0.2, 0.25) is 11.8 Å². The maximum atomic E-state index is 12.4. The van der Waals surface area contributed by atoms with Crippen LogP contribution in [0, 0.1) is 5.92 Å². The van der Waals surface area contributed by atoms with E-state index in [1.807, 2.05) is 6.07 Å². The van der Waals surface area contributed by atoms with E-state index in [4.69, 9.17) is 4.74 Å². The third-order valence-electron chi connectivity index (χ3n) is 5.68. The standard InChI is InChI=1S/C20H26N2O3/c23-19-12-16(20(24)21-9-8-18-5-2-10-25-18)13-22(19)17-7-6-14-3-1-4-15(14)11-17/h6-7,11,16,18H,1-5,8-10,12-13H2,(H,21,24)/t16-,18+/m0/s1. The lowest BCUT2D eigenvalue weighted by Gasteiger charge is -2.18. The van der Waals surface area contributed by atoms with E-state index in [2.05, 4.69) is 17.4 Å². The molecule has 0 aromatic heterocycles. The molecule has 134 valence electrons. The number of nitrogens with one attached hydrogen (secondary N) is 1. The van der Waals surface area contributed by atoms with Crippen molar-refractivity contribution >= 4 is 17.5 Å². The van der Waals surface area contributed by atoms with E-state index in [1.165, 1.54) is 17.5 Å². The van der Waals surface area contributed by atoms with Crippen LogP contribution in [0.3, 0.4) is 0 Å². The molecule has 2 atom stereocenters. The Morgan fingerprint density at radius 1 is 1.24 bits per heavy atom. The molecule has 25 heavy (non-hydrogen) atoms. The van der Waals surface area contributed by atoms with Crippen molar-refractivity contribution in [1.82, 2.24) is 5.32 Å². The summed E-state index contributed by atoms with van der Waals surface area (Å²) in [5.41, 5.74) is 3.70. The maximum Gasteiger partial charge on any atom is 0.227 e. The molecule has 2 saturated heterocycles. The first-order chi connectivity index (χ1) is 12.2. The summed E-state index contributed by atoms with van der Waals surface area (Å²) in [6, 6.07) is 6.30. The van der Waals surface area contributed by atoms with Gasteiger partial charge in [-0.25, -0.2) is 0 Å². The van der Waals surface area contributed by atoms with Gasteiger partial charge < -0.3 is 15.0 Å². The average Bonchev–Trinajstić information content (AvgIpc) is 3.34. The normalized spacial score (nSPS) is 25.4. The van der Waals surface area contributed by atoms with Crippen LogP contribution >= 0.6 is 0 Å². The Hall–Kier alpha value is -1.88. The molecule has 2 fully saturated rings. The predicted octanol–water partition coefficient (Wildman–Crippen LogP) is 2.21. The van der Waals surface area contributed by atoms with Crippen molar-refractivity contribution in [3.63, 3.8) is 0 Å². The number of hydrogen-bond acceptors (Lipinski definition) is 3. The van der Waals surface area contributed by atoms with E-state index in [0.717, 1.165) is 44.4 Å². The lowest BCUT2D eigenvalue weighted by atomic mass is 10.1. The maximum absolute atomic E-state index is 12.4. The lowest BCUT2D eigenvalue weighted by Crippen LogP contribution is -2.34. The zero-order valence-electron chi connectivity index (χ0n) is 14.6. The lowest BCUT2D eigenvalue weighted by molar-refractivity contribution is -0.126. The Bertz CT molecular complexity index is 667. The van der Waals surface area contributed by atoms with E-state index < -0.39 is 0 Å². The van der Waals surface area contributed by atoms with Crippen LogP contribution in [0.4, 0.5) is 5.69 Å². The smallest absolute Gasteiger partial charge is 0.227 e. The number of anilines is 1. The van der Waals surface area contributed by atoms with E-state index in [9.17, 15) is 9.59 Å². The molecule has 0 radical (unpaired) electrons. The Balaban J connectivity index is 1.32. The number of amides is 2. The van der Waals surface area contributed by atoms with E-state index >= 15 is 0 Å². The van der Waals surface area contributed by atoms with Gasteiger partial charge in [0.1, 0.15) is 0 Å². The van der Waals surface area contributed by atoms with E-state index in [1.54, 1.807) is 4.90 Å². The molecule has 2 heterocycles. The monoisotopic (exact) mass is 342 g/mol. The predicted molar refractivity (Wildman–Crippen MR) is 95.5 cm³/mol. The van der Waals surface area contributed by atoms with Gasteiger partial charge >= 0.3 is 0 Å². The zero-order valence-corrected chi connectivity index (χ0v) is 14.6. The van der Waals surface area contributed by atoms with Crippen LogP contribution in [0.15, 0.2) is 18.2 Å². The largest absolute Gasteiger partial charge is 0.378 e. The van der Waals surface area contributed by atoms with E-state index in [0.29, 0.717) is 19.5 Å². The summed E-state index contributed by atoms with van der Waals surface area (Å²) in [7, 11) is 0. The SMILES string of the molecule is O=C(NCC[C@H]1CCCO1)[C@H]1CC(=O)N(c2ccc3c(c2)CCC3)C1. The van der Waals surface area contributed by atoms with Gasteiger partial charge in [0, 0.05) is 31.8 Å². The fraction of sp³-hybridized carbons (Fsp3) is 0.600. The van der Waals surface area contributed by atoms with Gasteiger partial charge in [0.05, 0.1) is 12.0 Å². The zero-order chi connectivity index (χ0) is 17.2. The molecule has 4 rings (SSSR count). The molecule has 2 amide bonds. The number of ether oxygens (including phenoxy) is 1. The summed E-state index contributed by atoms with van der Waals surface area (Å²) in [6.45, 7) is 1.96. The molecule has 0 unspecified atom stereocenters. The van der Waals surface area contributed by atoms with Gasteiger partial charge in [-0.1, -0.05) is 6.07 Å². The molecule has 1 N–H and O–H groups in total. The minimum absolute atomic E-state index is 0.00462. The summed E-state index contributed by atoms with van der Waals surface area (Å²) in [5, 5.41) is 2.99. The second-order valence-corrected chi connectivity index (χ2v) is 7.43. The topological polar surface area (TPSA) is 58.6 Å². The highest BCUT2D eigenvalue weighted by Crippen LogP contribution is 2.30. The van der Waals surface area contributed by atoms with Gasteiger partial charge in [0.25, 0.3) is 0 Å². The Morgan fingerprint density at radius 2 is 2.12 bits per heavy atom. The quantitative estimate of drug-likeness (QED) is 0.892. The van der Waals surface area contributed by atoms with Gasteiger partial charge in [-0.3, -0.25) is 9.59 Å². The van der Waals surface area contributed by atoms with Crippen molar-refractivity contribution in [2.45, 2.75) is 51.0 Å². The number of carbonyl (C=O) groups is 2. The molecular formula is C20H26N2O3. The minimum atomic E-state index is -0.245. The molecule has 5 nitrogen and oxygen atoms in total. The number of nitrogens with zero attached hydrogens (tertiary/aromatic N) is 1. The van der Waals surface area contributed by atoms with Crippen molar-refractivity contribution < 1.29 is 14.3 Å². The van der Waals surface area contributed by atoms with Crippen LogP contribution in [0.2, 0.25) is 0 Å². The average molecular weight is 342 g/mol. The highest BCUT2D eigenvalue weighted by molar-refractivity contribution is 6.00. The number of hydrogen-bond donors (Lipinski definition) is 1. The third-order valence-corrected chi connectivity index (χ3v) is 5.68. The Kier molecular flexibility index (Phi) is 4.75. The molecule has 1 aliphatic carbocycles. The number of rotatable bonds is 5. The first-order valence-corrected chi connectivity index (χ1v) is 9.52. The molecule has 1 aromatic carbocycles. The highest BCUT2D eigenvalue weighted by Gasteiger charge is 2.35. The number of carbonyl (C=O) groups excluding carboxylic acids is 2. The molecule has 2 aliphatic heterocycles. The summed E-state index contributed by atoms with van der Waals surface area (Å²) in [5.74, 6) is -0.197. The van der Waals surface area contributed by atoms with Crippen molar-refractivity contribution in [3.8, 4) is 0 Å². The number of aryl methyl sites for hydroxylation is 2. The minimum Gasteiger partial charge on any atom is -0.378 e. The molecule has 0 bridgehead atoms. The summed E-state index contributed by atoms with van der Waals surface area (Å²) in [4.78, 5) is 26.6. The molecule has 5 heteroatoms. The molecule has 0 saturated carbocycles. The van der Waals surface area contributed by atoms with E-state index in [-0.39, 0.29) is 23.8 Å². The molecule has 3 aliphatic rings. The molecular weight excluding hydrogens is 316 g/mol. The van der Waals surface area contributed by atoms with Gasteiger partial charge in [-0.05, 0) is 61.8 Å². The number of benzene rings is 1. The van der Waals surface area contributed by atoms with Crippen molar-refractivity contribution in [2.75, 3.05) is 24.6 Å². The fourth-order valence-electron chi connectivity index (χ4n) is 4.23. The van der Waals surface area contributed by atoms with Crippen LogP contribution in [0.25, 0.3) is 0 Å². The van der Waals surface area contributed by atoms with Crippen LogP contribution < -0.4 is 10.2 Å². The third kappa shape index (κ3) is 3.56. The summed E-state index contributed by atoms with van der Waals surface area (Å²) in [6.07, 6.45) is 7.09. The van der Waals surface area contributed by atoms with Crippen molar-refractivity contribution in [1.29, 1.82) is 0 Å². The summed E-state index contributed by atoms with van der Waals surface area (Å²) < 4.78 is 5.58. The van der Waals surface area contributed by atoms with Crippen molar-refractivity contribution in [2.24, 2.45) is 5.92 Å². The van der Waals surface area contributed by atoms with Gasteiger partial charge in [0.15, 0.2) is 0 Å². The highest BCUT2D eigenvalue weighted by atomic mass is 16.5. The number of fused-ring (bicyclic) bond motifs is 1. The summed E-state index contributed by atoms with van der Waals surface area (Å²) >= 11 is 0. The molecule has 1 aromatic rings. The van der Waals surface area contributed by atoms with Crippen LogP contribution in [0.5, 0.6) is 0 Å². The van der Waals surface area contributed by atoms with Crippen LogP contribution in [-0.4, -0.2) is 37.6 Å². The fourth-order valence-corrected chi connectivity index (χ4v) is 4.23. The van der Waals surface area contributed by atoms with Crippen LogP contribution in [-0.2, 0) is 27.2 Å². The Morgan fingerprint density at radius 3 is 2.96 bits per heavy atom. The first kappa shape index (κ1) is 16.6. The first-order valence-electron chi connectivity index (χ1n) is 9.52. The van der Waals surface area contributed by atoms with Gasteiger partial charge in [-0.2, -0.15) is 0 Å². The van der Waals surface area contributed by atoms with Crippen LogP contribution in [0.1, 0.15) is 43.2 Å². The second-order valence-electron chi connectivity index (χ2n) is 7.43. The van der Waals surface area contributed by atoms with Gasteiger partial charge in [-0.15, -0.1) is 0 Å². The molecule has 0 spiro atoms. The Labute approximate surface area is 148 Å². The second kappa shape index (κ2) is 7.16. The van der Waals surface area contributed by atoms with Crippen molar-refractivity contribution in [3.05, 3.63) is 29.3 Å².